The zero-order valence-electron chi connectivity index (χ0n) is 17.3. The zero-order chi connectivity index (χ0) is 21.3. The van der Waals surface area contributed by atoms with Gasteiger partial charge in [-0.2, -0.15) is 5.10 Å². The van der Waals surface area contributed by atoms with Gasteiger partial charge in [-0.25, -0.2) is 4.68 Å². The number of hydrogen-bond acceptors (Lipinski definition) is 6. The van der Waals surface area contributed by atoms with Crippen LogP contribution < -0.4 is 5.56 Å². The van der Waals surface area contributed by atoms with Gasteiger partial charge in [0, 0.05) is 25.7 Å². The molecule has 2 N–H and O–H groups in total. The summed E-state index contributed by atoms with van der Waals surface area (Å²) in [7, 11) is 0. The summed E-state index contributed by atoms with van der Waals surface area (Å²) in [4.78, 5) is 15.6. The maximum Gasteiger partial charge on any atom is 0.266 e. The summed E-state index contributed by atoms with van der Waals surface area (Å²) in [5.41, 5.74) is 2.55. The van der Waals surface area contributed by atoms with E-state index in [0.29, 0.717) is 18.6 Å². The van der Waals surface area contributed by atoms with Gasteiger partial charge >= 0.3 is 0 Å². The van der Waals surface area contributed by atoms with Gasteiger partial charge in [0.2, 0.25) is 0 Å². The van der Waals surface area contributed by atoms with Crippen LogP contribution in [0.2, 0.25) is 0 Å². The van der Waals surface area contributed by atoms with E-state index in [0.717, 1.165) is 46.9 Å². The molecule has 0 bridgehead atoms. The molecule has 0 saturated carbocycles. The van der Waals surface area contributed by atoms with E-state index in [1.807, 2.05) is 43.5 Å². The van der Waals surface area contributed by atoms with Crippen LogP contribution in [0.1, 0.15) is 29.5 Å². The first-order chi connectivity index (χ1) is 14.3. The fraction of sp³-hybridized carbons (Fsp3) is 0.391. The first-order valence-corrected chi connectivity index (χ1v) is 11.1. The van der Waals surface area contributed by atoms with Crippen molar-refractivity contribution in [2.75, 3.05) is 13.1 Å². The second kappa shape index (κ2) is 8.34. The lowest BCUT2D eigenvalue weighted by molar-refractivity contribution is -0.0389. The highest BCUT2D eigenvalue weighted by molar-refractivity contribution is 7.13. The van der Waals surface area contributed by atoms with Crippen LogP contribution in [0.25, 0.3) is 10.6 Å². The maximum absolute atomic E-state index is 12.3. The number of aliphatic hydroxyl groups is 1. The van der Waals surface area contributed by atoms with Crippen molar-refractivity contribution in [3.8, 4) is 16.3 Å². The lowest BCUT2D eigenvalue weighted by Crippen LogP contribution is -2.48. The molecule has 158 valence electrons. The van der Waals surface area contributed by atoms with Crippen molar-refractivity contribution >= 4 is 11.3 Å². The number of aryl methyl sites for hydroxylation is 2. The molecule has 0 aliphatic carbocycles. The van der Waals surface area contributed by atoms with Crippen molar-refractivity contribution < 1.29 is 10.2 Å². The normalized spacial score (nSPS) is 16.6. The minimum absolute atomic E-state index is 0.193. The van der Waals surface area contributed by atoms with Gasteiger partial charge in [0.1, 0.15) is 11.4 Å². The van der Waals surface area contributed by atoms with Gasteiger partial charge in [0.05, 0.1) is 17.0 Å². The number of aromatic nitrogens is 2. The second-order valence-corrected chi connectivity index (χ2v) is 9.22. The molecule has 7 heteroatoms. The van der Waals surface area contributed by atoms with E-state index in [4.69, 9.17) is 0 Å². The molecule has 6 nitrogen and oxygen atoms in total. The highest BCUT2D eigenvalue weighted by atomic mass is 32.1. The molecule has 3 heterocycles. The molecule has 1 aromatic carbocycles. The number of rotatable bonds is 5. The van der Waals surface area contributed by atoms with Crippen molar-refractivity contribution in [2.24, 2.45) is 0 Å². The number of nitrogens with zero attached hydrogens (tertiary/aromatic N) is 3. The molecule has 0 unspecified atom stereocenters. The Balaban J connectivity index is 1.42. The van der Waals surface area contributed by atoms with Crippen molar-refractivity contribution in [3.05, 3.63) is 68.8 Å². The van der Waals surface area contributed by atoms with Gasteiger partial charge in [0.25, 0.3) is 5.56 Å². The number of aromatic hydroxyl groups is 1. The van der Waals surface area contributed by atoms with E-state index in [-0.39, 0.29) is 12.1 Å². The minimum atomic E-state index is -0.942. The summed E-state index contributed by atoms with van der Waals surface area (Å²) in [6.45, 7) is 6.30. The van der Waals surface area contributed by atoms with E-state index in [2.05, 4.69) is 10.00 Å². The van der Waals surface area contributed by atoms with E-state index >= 15 is 0 Å². The predicted molar refractivity (Wildman–Crippen MR) is 119 cm³/mol. The van der Waals surface area contributed by atoms with E-state index < -0.39 is 5.60 Å². The van der Waals surface area contributed by atoms with Crippen molar-refractivity contribution in [2.45, 2.75) is 45.4 Å². The van der Waals surface area contributed by atoms with Crippen LogP contribution in [0.3, 0.4) is 0 Å². The SMILES string of the molecule is Cc1cc(CN2CCC(O)(Cn3nc(-c4cccs4)ccc3=O)CC2)cc(C)c1O. The van der Waals surface area contributed by atoms with Crippen LogP contribution in [0.5, 0.6) is 5.75 Å². The van der Waals surface area contributed by atoms with Crippen molar-refractivity contribution in [3.63, 3.8) is 0 Å². The molecule has 1 fully saturated rings. The van der Waals surface area contributed by atoms with Gasteiger partial charge in [-0.3, -0.25) is 9.69 Å². The Bertz CT molecular complexity index is 1060. The van der Waals surface area contributed by atoms with Gasteiger partial charge in [-0.05, 0) is 60.9 Å². The molecule has 30 heavy (non-hydrogen) atoms. The first-order valence-electron chi connectivity index (χ1n) is 10.2. The topological polar surface area (TPSA) is 78.6 Å². The van der Waals surface area contributed by atoms with E-state index in [1.54, 1.807) is 17.4 Å². The van der Waals surface area contributed by atoms with E-state index in [1.165, 1.54) is 10.7 Å². The third kappa shape index (κ3) is 4.48. The summed E-state index contributed by atoms with van der Waals surface area (Å²) in [5, 5.41) is 27.6. The molecule has 1 aliphatic heterocycles. The zero-order valence-corrected chi connectivity index (χ0v) is 18.2. The number of hydrogen-bond donors (Lipinski definition) is 2. The Morgan fingerprint density at radius 2 is 1.83 bits per heavy atom. The van der Waals surface area contributed by atoms with Crippen LogP contribution >= 0.6 is 11.3 Å². The largest absolute Gasteiger partial charge is 0.507 e. The van der Waals surface area contributed by atoms with Gasteiger partial charge < -0.3 is 10.2 Å². The Morgan fingerprint density at radius 3 is 2.47 bits per heavy atom. The smallest absolute Gasteiger partial charge is 0.266 e. The number of benzene rings is 1. The second-order valence-electron chi connectivity index (χ2n) is 8.27. The van der Waals surface area contributed by atoms with Crippen LogP contribution in [0, 0.1) is 13.8 Å². The summed E-state index contributed by atoms with van der Waals surface area (Å²) in [6, 6.07) is 11.2. The summed E-state index contributed by atoms with van der Waals surface area (Å²) in [6.07, 6.45) is 1.17. The van der Waals surface area contributed by atoms with Gasteiger partial charge in [0.15, 0.2) is 0 Å². The molecular formula is C23H27N3O3S. The first kappa shape index (κ1) is 20.8. The lowest BCUT2D eigenvalue weighted by atomic mass is 9.91. The van der Waals surface area contributed by atoms with Gasteiger partial charge in [-0.1, -0.05) is 18.2 Å². The van der Waals surface area contributed by atoms with Crippen LogP contribution in [-0.4, -0.2) is 43.6 Å². The average molecular weight is 426 g/mol. The minimum Gasteiger partial charge on any atom is -0.507 e. The molecule has 1 aliphatic rings. The fourth-order valence-electron chi connectivity index (χ4n) is 4.08. The fourth-order valence-corrected chi connectivity index (χ4v) is 4.77. The van der Waals surface area contributed by atoms with Crippen LogP contribution in [0.4, 0.5) is 0 Å². The summed E-state index contributed by atoms with van der Waals surface area (Å²) < 4.78 is 1.40. The Kier molecular flexibility index (Phi) is 5.77. The molecule has 1 saturated heterocycles. The molecular weight excluding hydrogens is 398 g/mol. The summed E-state index contributed by atoms with van der Waals surface area (Å²) >= 11 is 1.58. The Hall–Kier alpha value is -2.48. The molecule has 3 aromatic rings. The number of phenolic OH excluding ortho intramolecular Hbond substituents is 1. The Labute approximate surface area is 180 Å². The highest BCUT2D eigenvalue weighted by Crippen LogP contribution is 2.28. The number of thiophene rings is 1. The van der Waals surface area contributed by atoms with Crippen LogP contribution in [-0.2, 0) is 13.1 Å². The van der Waals surface area contributed by atoms with Crippen LogP contribution in [0.15, 0.2) is 46.6 Å². The number of phenols is 1. The standard InChI is InChI=1S/C23H27N3O3S/c1-16-12-18(13-17(2)22(16)28)14-25-9-7-23(29,8-10-25)15-26-21(27)6-5-19(24-26)20-4-3-11-30-20/h3-6,11-13,28-29H,7-10,14-15H2,1-2H3. The molecule has 0 spiro atoms. The average Bonchev–Trinajstić information content (AvgIpc) is 3.25. The third-order valence-corrected chi connectivity index (χ3v) is 6.72. The molecule has 2 aromatic heterocycles. The lowest BCUT2D eigenvalue weighted by Gasteiger charge is -2.38. The van der Waals surface area contributed by atoms with E-state index in [9.17, 15) is 15.0 Å². The molecule has 4 rings (SSSR count). The summed E-state index contributed by atoms with van der Waals surface area (Å²) in [5.74, 6) is 0.356. The number of piperidine rings is 1. The Morgan fingerprint density at radius 1 is 1.13 bits per heavy atom. The molecule has 0 radical (unpaired) electrons. The van der Waals surface area contributed by atoms with Crippen molar-refractivity contribution in [1.29, 1.82) is 0 Å². The molecule has 0 atom stereocenters. The van der Waals surface area contributed by atoms with Crippen molar-refractivity contribution in [1.82, 2.24) is 14.7 Å². The van der Waals surface area contributed by atoms with Gasteiger partial charge in [-0.15, -0.1) is 11.3 Å². The number of likely N-dealkylation sites (tertiary alicyclic amines) is 1. The highest BCUT2D eigenvalue weighted by Gasteiger charge is 2.33. The quantitative estimate of drug-likeness (QED) is 0.656. The maximum atomic E-state index is 12.3. The third-order valence-electron chi connectivity index (χ3n) is 5.83. The predicted octanol–water partition coefficient (Wildman–Crippen LogP) is 3.32. The molecule has 0 amide bonds. The monoisotopic (exact) mass is 425 g/mol.